The summed E-state index contributed by atoms with van der Waals surface area (Å²) in [5, 5.41) is 2.34. The van der Waals surface area contributed by atoms with Gasteiger partial charge in [0.05, 0.1) is 21.3 Å². The molecule has 0 unspecified atom stereocenters. The number of alkyl halides is 3. The number of hydrogen-bond donors (Lipinski definition) is 1. The van der Waals surface area contributed by atoms with Gasteiger partial charge in [0.1, 0.15) is 11.6 Å². The molecule has 0 aliphatic carbocycles. The van der Waals surface area contributed by atoms with Crippen molar-refractivity contribution in [2.24, 2.45) is 0 Å². The molecule has 2 rings (SSSR count). The van der Waals surface area contributed by atoms with Crippen LogP contribution in [0.1, 0.15) is 12.5 Å². The van der Waals surface area contributed by atoms with Crippen LogP contribution in [0.2, 0.25) is 0 Å². The minimum Gasteiger partial charge on any atom is -0.480 e. The zero-order valence-corrected chi connectivity index (χ0v) is 14.6. The van der Waals surface area contributed by atoms with E-state index in [1.54, 1.807) is 0 Å². The van der Waals surface area contributed by atoms with Gasteiger partial charge in [-0.2, -0.15) is 13.2 Å². The molecule has 2 aromatic rings. The van der Waals surface area contributed by atoms with Crippen molar-refractivity contribution in [2.45, 2.75) is 24.1 Å². The summed E-state index contributed by atoms with van der Waals surface area (Å²) in [7, 11) is -1.53. The van der Waals surface area contributed by atoms with Crippen molar-refractivity contribution in [2.75, 3.05) is 11.6 Å². The fraction of sp³-hybridized carbons (Fsp3) is 0.235. The number of ether oxygens (including phenoxy) is 1. The van der Waals surface area contributed by atoms with Gasteiger partial charge in [-0.3, -0.25) is 9.00 Å². The van der Waals surface area contributed by atoms with Crippen LogP contribution in [-0.4, -0.2) is 22.5 Å². The second-order valence-corrected chi connectivity index (χ2v) is 6.69. The smallest absolute Gasteiger partial charge is 0.419 e. The number of amides is 1. The first-order valence-corrected chi connectivity index (χ1v) is 8.92. The van der Waals surface area contributed by atoms with Gasteiger partial charge in [-0.05, 0) is 37.3 Å². The maximum absolute atomic E-state index is 13.8. The highest BCUT2D eigenvalue weighted by molar-refractivity contribution is 7.84. The van der Waals surface area contributed by atoms with Crippen molar-refractivity contribution in [1.29, 1.82) is 0 Å². The third kappa shape index (κ3) is 4.81. The van der Waals surface area contributed by atoms with Gasteiger partial charge < -0.3 is 10.1 Å². The fourth-order valence-electron chi connectivity index (χ4n) is 2.10. The number of halogens is 4. The van der Waals surface area contributed by atoms with Crippen LogP contribution < -0.4 is 10.1 Å². The molecule has 26 heavy (non-hydrogen) atoms. The molecular weight excluding hydrogens is 374 g/mol. The lowest BCUT2D eigenvalue weighted by Gasteiger charge is -2.18. The minimum atomic E-state index is -4.62. The summed E-state index contributed by atoms with van der Waals surface area (Å²) >= 11 is 0. The quantitative estimate of drug-likeness (QED) is 0.787. The molecule has 0 aliphatic heterocycles. The van der Waals surface area contributed by atoms with Gasteiger partial charge in [0.2, 0.25) is 0 Å². The van der Waals surface area contributed by atoms with E-state index in [1.807, 2.05) is 0 Å². The Kier molecular flexibility index (Phi) is 6.01. The zero-order chi connectivity index (χ0) is 19.5. The molecule has 0 fully saturated rings. The Labute approximate surface area is 149 Å². The number of anilines is 1. The first-order chi connectivity index (χ1) is 12.1. The fourth-order valence-corrected chi connectivity index (χ4v) is 2.70. The number of carbonyl (C=O) groups excluding carboxylic acids is 1. The number of benzene rings is 2. The Hall–Kier alpha value is -2.42. The van der Waals surface area contributed by atoms with E-state index in [1.165, 1.54) is 37.4 Å². The Balaban J connectivity index is 2.12. The largest absolute Gasteiger partial charge is 0.480 e. The molecule has 140 valence electrons. The van der Waals surface area contributed by atoms with Crippen LogP contribution >= 0.6 is 0 Å². The third-order valence-electron chi connectivity index (χ3n) is 3.37. The maximum atomic E-state index is 13.8. The number of rotatable bonds is 5. The van der Waals surface area contributed by atoms with Crippen LogP contribution in [0.15, 0.2) is 47.4 Å². The number of para-hydroxylation sites is 1. The monoisotopic (exact) mass is 389 g/mol. The molecule has 4 nitrogen and oxygen atoms in total. The van der Waals surface area contributed by atoms with Crippen molar-refractivity contribution in [1.82, 2.24) is 0 Å². The summed E-state index contributed by atoms with van der Waals surface area (Å²) in [6.45, 7) is 1.27. The summed E-state index contributed by atoms with van der Waals surface area (Å²) in [5.41, 5.74) is -0.929. The van der Waals surface area contributed by atoms with Gasteiger partial charge in [-0.1, -0.05) is 12.1 Å². The molecule has 2 atom stereocenters. The van der Waals surface area contributed by atoms with Crippen LogP contribution in [0, 0.1) is 5.82 Å². The average Bonchev–Trinajstić information content (AvgIpc) is 2.54. The molecule has 0 aromatic heterocycles. The lowest BCUT2D eigenvalue weighted by Crippen LogP contribution is -2.30. The van der Waals surface area contributed by atoms with E-state index in [-0.39, 0.29) is 10.6 Å². The summed E-state index contributed by atoms with van der Waals surface area (Å²) in [6, 6.07) is 8.10. The van der Waals surface area contributed by atoms with Gasteiger partial charge in [0.15, 0.2) is 6.10 Å². The maximum Gasteiger partial charge on any atom is 0.419 e. The SMILES string of the molecule is C[C@@H](Oc1ccccc1C(F)(F)F)C(=O)Nc1ccc([S@@](C)=O)c(F)c1. The summed E-state index contributed by atoms with van der Waals surface area (Å²) < 4.78 is 69.0. The van der Waals surface area contributed by atoms with E-state index in [0.717, 1.165) is 18.2 Å². The van der Waals surface area contributed by atoms with E-state index < -0.39 is 46.1 Å². The van der Waals surface area contributed by atoms with E-state index in [0.29, 0.717) is 0 Å². The molecule has 0 bridgehead atoms. The lowest BCUT2D eigenvalue weighted by atomic mass is 10.2. The van der Waals surface area contributed by atoms with Crippen LogP contribution in [0.3, 0.4) is 0 Å². The van der Waals surface area contributed by atoms with Crippen molar-refractivity contribution in [3.63, 3.8) is 0 Å². The molecule has 0 spiro atoms. The van der Waals surface area contributed by atoms with E-state index in [4.69, 9.17) is 4.74 Å². The molecule has 9 heteroatoms. The van der Waals surface area contributed by atoms with E-state index in [9.17, 15) is 26.6 Å². The number of nitrogens with one attached hydrogen (secondary N) is 1. The molecule has 0 saturated carbocycles. The van der Waals surface area contributed by atoms with Gasteiger partial charge in [0.25, 0.3) is 5.91 Å². The molecule has 1 N–H and O–H groups in total. The first kappa shape index (κ1) is 19.9. The van der Waals surface area contributed by atoms with E-state index in [2.05, 4.69) is 5.32 Å². The normalized spacial score (nSPS) is 13.8. The van der Waals surface area contributed by atoms with Crippen molar-refractivity contribution >= 4 is 22.4 Å². The number of hydrogen-bond acceptors (Lipinski definition) is 3. The standard InChI is InChI=1S/C17H15F4NO3S/c1-10(25-14-6-4-3-5-12(14)17(19,20)21)16(23)22-11-7-8-15(26(2)24)13(18)9-11/h3-10H,1-2H3,(H,22,23)/t10-,26-/m1/s1. The predicted molar refractivity (Wildman–Crippen MR) is 88.9 cm³/mol. The minimum absolute atomic E-state index is 0.0218. The zero-order valence-electron chi connectivity index (χ0n) is 13.8. The third-order valence-corrected chi connectivity index (χ3v) is 4.33. The van der Waals surface area contributed by atoms with Crippen LogP contribution in [0.4, 0.5) is 23.2 Å². The average molecular weight is 389 g/mol. The molecule has 1 amide bonds. The van der Waals surface area contributed by atoms with E-state index >= 15 is 0 Å². The second kappa shape index (κ2) is 7.86. The molecule has 2 aromatic carbocycles. The molecule has 0 radical (unpaired) electrons. The van der Waals surface area contributed by atoms with Crippen molar-refractivity contribution < 1.29 is 31.3 Å². The highest BCUT2D eigenvalue weighted by Crippen LogP contribution is 2.36. The van der Waals surface area contributed by atoms with Crippen molar-refractivity contribution in [3.8, 4) is 5.75 Å². The highest BCUT2D eigenvalue weighted by Gasteiger charge is 2.34. The molecule has 0 aliphatic rings. The Morgan fingerprint density at radius 2 is 1.85 bits per heavy atom. The summed E-state index contributed by atoms with van der Waals surface area (Å²) in [4.78, 5) is 12.1. The van der Waals surface area contributed by atoms with Gasteiger partial charge in [-0.25, -0.2) is 4.39 Å². The molecule has 0 saturated heterocycles. The predicted octanol–water partition coefficient (Wildman–Crippen LogP) is 3.99. The van der Waals surface area contributed by atoms with Gasteiger partial charge in [0, 0.05) is 11.9 Å². The summed E-state index contributed by atoms with van der Waals surface area (Å²) in [6.07, 6.45) is -4.58. The first-order valence-electron chi connectivity index (χ1n) is 7.36. The summed E-state index contributed by atoms with van der Waals surface area (Å²) in [5.74, 6) is -2.00. The highest BCUT2D eigenvalue weighted by atomic mass is 32.2. The topological polar surface area (TPSA) is 55.4 Å². The Morgan fingerprint density at radius 3 is 2.42 bits per heavy atom. The Bertz CT molecular complexity index is 839. The van der Waals surface area contributed by atoms with Crippen LogP contribution in [0.25, 0.3) is 0 Å². The lowest BCUT2D eigenvalue weighted by molar-refractivity contribution is -0.140. The molecule has 0 heterocycles. The van der Waals surface area contributed by atoms with Gasteiger partial charge in [-0.15, -0.1) is 0 Å². The molecular formula is C17H15F4NO3S. The van der Waals surface area contributed by atoms with Crippen LogP contribution in [-0.2, 0) is 21.8 Å². The van der Waals surface area contributed by atoms with Crippen LogP contribution in [0.5, 0.6) is 5.75 Å². The second-order valence-electron chi connectivity index (χ2n) is 5.34. The van der Waals surface area contributed by atoms with Crippen molar-refractivity contribution in [3.05, 3.63) is 53.8 Å². The number of carbonyl (C=O) groups is 1. The Morgan fingerprint density at radius 1 is 1.19 bits per heavy atom. The van der Waals surface area contributed by atoms with Gasteiger partial charge >= 0.3 is 6.18 Å².